The van der Waals surface area contributed by atoms with Gasteiger partial charge in [-0.3, -0.25) is 4.99 Å². The van der Waals surface area contributed by atoms with Crippen molar-refractivity contribution in [3.63, 3.8) is 0 Å². The second-order valence-electron chi connectivity index (χ2n) is 5.58. The number of rotatable bonds is 11. The number of unbranched alkanes of at least 4 members (excludes halogenated alkanes) is 1. The van der Waals surface area contributed by atoms with E-state index < -0.39 is 0 Å². The van der Waals surface area contributed by atoms with Crippen LogP contribution >= 0.6 is 24.0 Å². The number of aliphatic imine (C=N–C) groups is 1. The molecule has 0 heterocycles. The molecule has 0 unspecified atom stereocenters. The monoisotopic (exact) mass is 461 g/mol. The molecule has 5 nitrogen and oxygen atoms in total. The van der Waals surface area contributed by atoms with Crippen molar-refractivity contribution in [3.05, 3.63) is 42.5 Å². The Morgan fingerprint density at radius 2 is 2.00 bits per heavy atom. The lowest BCUT2D eigenvalue weighted by Crippen LogP contribution is -2.40. The van der Waals surface area contributed by atoms with Gasteiger partial charge in [0.2, 0.25) is 0 Å². The summed E-state index contributed by atoms with van der Waals surface area (Å²) < 4.78 is 10.8. The molecule has 0 radical (unpaired) electrons. The zero-order chi connectivity index (χ0) is 17.6. The summed E-state index contributed by atoms with van der Waals surface area (Å²) in [7, 11) is 5.54. The first-order chi connectivity index (χ1) is 11.7. The SMILES string of the molecule is C=CCCCN(C)C(=NC)NCCCOCc1ccc(OC)cc1.I. The maximum Gasteiger partial charge on any atom is 0.193 e. The molecule has 1 N–H and O–H groups in total. The van der Waals surface area contributed by atoms with Crippen molar-refractivity contribution in [2.24, 2.45) is 4.99 Å². The largest absolute Gasteiger partial charge is 0.497 e. The van der Waals surface area contributed by atoms with Crippen molar-refractivity contribution in [1.29, 1.82) is 0 Å². The van der Waals surface area contributed by atoms with Gasteiger partial charge in [-0.2, -0.15) is 0 Å². The Labute approximate surface area is 169 Å². The highest BCUT2D eigenvalue weighted by molar-refractivity contribution is 14.0. The molecule has 0 fully saturated rings. The smallest absolute Gasteiger partial charge is 0.193 e. The molecule has 0 amide bonds. The second-order valence-corrected chi connectivity index (χ2v) is 5.58. The first-order valence-corrected chi connectivity index (χ1v) is 8.44. The third kappa shape index (κ3) is 10.3. The number of halogens is 1. The molecule has 0 atom stereocenters. The van der Waals surface area contributed by atoms with Crippen LogP contribution in [0.3, 0.4) is 0 Å². The molecule has 0 aromatic heterocycles. The summed E-state index contributed by atoms with van der Waals surface area (Å²) in [5.41, 5.74) is 1.15. The van der Waals surface area contributed by atoms with Gasteiger partial charge in [-0.25, -0.2) is 0 Å². The molecular formula is C19H32IN3O2. The van der Waals surface area contributed by atoms with E-state index in [0.29, 0.717) is 6.61 Å². The predicted octanol–water partition coefficient (Wildman–Crippen LogP) is 3.69. The molecule has 1 aromatic carbocycles. The maximum absolute atomic E-state index is 5.70. The van der Waals surface area contributed by atoms with Gasteiger partial charge in [0.25, 0.3) is 0 Å². The quantitative estimate of drug-likeness (QED) is 0.180. The third-order valence-electron chi connectivity index (χ3n) is 3.65. The van der Waals surface area contributed by atoms with E-state index in [0.717, 1.165) is 56.2 Å². The van der Waals surface area contributed by atoms with E-state index >= 15 is 0 Å². The number of guanidine groups is 1. The van der Waals surface area contributed by atoms with Crippen LogP contribution in [0.2, 0.25) is 0 Å². The highest BCUT2D eigenvalue weighted by Crippen LogP contribution is 2.11. The minimum absolute atomic E-state index is 0. The Bertz CT molecular complexity index is 492. The van der Waals surface area contributed by atoms with Crippen LogP contribution in [-0.2, 0) is 11.3 Å². The van der Waals surface area contributed by atoms with Crippen LogP contribution < -0.4 is 10.1 Å². The van der Waals surface area contributed by atoms with Gasteiger partial charge in [0, 0.05) is 33.8 Å². The Kier molecular flexibility index (Phi) is 14.2. The number of hydrogen-bond donors (Lipinski definition) is 1. The van der Waals surface area contributed by atoms with Gasteiger partial charge in [0.05, 0.1) is 13.7 Å². The van der Waals surface area contributed by atoms with Gasteiger partial charge >= 0.3 is 0 Å². The van der Waals surface area contributed by atoms with Crippen LogP contribution in [0.4, 0.5) is 0 Å². The summed E-state index contributed by atoms with van der Waals surface area (Å²) in [6.45, 7) is 6.91. The molecule has 0 aliphatic heterocycles. The second kappa shape index (κ2) is 15.0. The van der Waals surface area contributed by atoms with E-state index in [2.05, 4.69) is 28.8 Å². The van der Waals surface area contributed by atoms with Crippen LogP contribution in [0, 0.1) is 0 Å². The Balaban J connectivity index is 0.00000576. The van der Waals surface area contributed by atoms with Crippen molar-refractivity contribution in [2.75, 3.05) is 40.9 Å². The molecular weight excluding hydrogens is 429 g/mol. The molecule has 25 heavy (non-hydrogen) atoms. The molecule has 142 valence electrons. The highest BCUT2D eigenvalue weighted by atomic mass is 127. The van der Waals surface area contributed by atoms with Crippen molar-refractivity contribution in [1.82, 2.24) is 10.2 Å². The van der Waals surface area contributed by atoms with Gasteiger partial charge < -0.3 is 19.7 Å². The van der Waals surface area contributed by atoms with Gasteiger partial charge in [0.15, 0.2) is 5.96 Å². The first-order valence-electron chi connectivity index (χ1n) is 8.44. The van der Waals surface area contributed by atoms with Crippen LogP contribution in [0.5, 0.6) is 5.75 Å². The topological polar surface area (TPSA) is 46.1 Å². The highest BCUT2D eigenvalue weighted by Gasteiger charge is 2.04. The minimum atomic E-state index is 0. The fourth-order valence-electron chi connectivity index (χ4n) is 2.25. The molecule has 0 saturated heterocycles. The first kappa shape index (κ1) is 23.7. The standard InChI is InChI=1S/C19H31N3O2.HI/c1-5-6-7-14-22(3)19(20-2)21-13-8-15-24-16-17-9-11-18(23-4)12-10-17;/h5,9-12H,1,6-8,13-16H2,2-4H3,(H,20,21);1H. The van der Waals surface area contributed by atoms with Crippen LogP contribution in [-0.4, -0.2) is 51.8 Å². The summed E-state index contributed by atoms with van der Waals surface area (Å²) in [6.07, 6.45) is 5.01. The van der Waals surface area contributed by atoms with Gasteiger partial charge in [0.1, 0.15) is 5.75 Å². The van der Waals surface area contributed by atoms with E-state index in [1.165, 1.54) is 0 Å². The molecule has 0 aliphatic carbocycles. The number of benzene rings is 1. The van der Waals surface area contributed by atoms with E-state index in [1.807, 2.05) is 37.4 Å². The van der Waals surface area contributed by atoms with Crippen LogP contribution in [0.1, 0.15) is 24.8 Å². The van der Waals surface area contributed by atoms with Crippen molar-refractivity contribution in [3.8, 4) is 5.75 Å². The number of methoxy groups -OCH3 is 1. The molecule has 0 bridgehead atoms. The summed E-state index contributed by atoms with van der Waals surface area (Å²) in [5, 5.41) is 3.36. The molecule has 0 aliphatic rings. The van der Waals surface area contributed by atoms with E-state index in [-0.39, 0.29) is 24.0 Å². The predicted molar refractivity (Wildman–Crippen MR) is 116 cm³/mol. The van der Waals surface area contributed by atoms with Crippen molar-refractivity contribution >= 4 is 29.9 Å². The molecule has 1 aromatic rings. The molecule has 0 saturated carbocycles. The lowest BCUT2D eigenvalue weighted by Gasteiger charge is -2.21. The molecule has 0 spiro atoms. The lowest BCUT2D eigenvalue weighted by atomic mass is 10.2. The maximum atomic E-state index is 5.70. The van der Waals surface area contributed by atoms with E-state index in [9.17, 15) is 0 Å². The number of nitrogens with one attached hydrogen (secondary N) is 1. The summed E-state index contributed by atoms with van der Waals surface area (Å²) >= 11 is 0. The van der Waals surface area contributed by atoms with Gasteiger partial charge in [-0.05, 0) is 37.0 Å². The van der Waals surface area contributed by atoms with Gasteiger partial charge in [-0.1, -0.05) is 18.2 Å². The molecule has 6 heteroatoms. The Hall–Kier alpha value is -1.28. The zero-order valence-corrected chi connectivity index (χ0v) is 18.0. The zero-order valence-electron chi connectivity index (χ0n) is 15.7. The fourth-order valence-corrected chi connectivity index (χ4v) is 2.25. The van der Waals surface area contributed by atoms with E-state index in [4.69, 9.17) is 9.47 Å². The van der Waals surface area contributed by atoms with Crippen molar-refractivity contribution in [2.45, 2.75) is 25.9 Å². The Morgan fingerprint density at radius 3 is 2.60 bits per heavy atom. The van der Waals surface area contributed by atoms with Crippen LogP contribution in [0.15, 0.2) is 41.9 Å². The summed E-state index contributed by atoms with van der Waals surface area (Å²) in [4.78, 5) is 6.44. The average molecular weight is 461 g/mol. The van der Waals surface area contributed by atoms with Crippen molar-refractivity contribution < 1.29 is 9.47 Å². The fraction of sp³-hybridized carbons (Fsp3) is 0.526. The number of allylic oxidation sites excluding steroid dienone is 1. The summed E-state index contributed by atoms with van der Waals surface area (Å²) in [5.74, 6) is 1.79. The molecule has 1 rings (SSSR count). The average Bonchev–Trinajstić information content (AvgIpc) is 2.61. The van der Waals surface area contributed by atoms with Crippen LogP contribution in [0.25, 0.3) is 0 Å². The van der Waals surface area contributed by atoms with Gasteiger partial charge in [-0.15, -0.1) is 30.6 Å². The Morgan fingerprint density at radius 1 is 1.28 bits per heavy atom. The number of ether oxygens (including phenoxy) is 2. The normalized spacial score (nSPS) is 10.8. The number of nitrogens with zero attached hydrogens (tertiary/aromatic N) is 2. The summed E-state index contributed by atoms with van der Waals surface area (Å²) in [6, 6.07) is 7.95. The minimum Gasteiger partial charge on any atom is -0.497 e. The van der Waals surface area contributed by atoms with E-state index in [1.54, 1.807) is 7.11 Å². The lowest BCUT2D eigenvalue weighted by molar-refractivity contribution is 0.119. The third-order valence-corrected chi connectivity index (χ3v) is 3.65. The number of hydrogen-bond acceptors (Lipinski definition) is 3.